The topological polar surface area (TPSA) is 52.5 Å². The molecule has 0 aliphatic rings. The van der Waals surface area contributed by atoms with E-state index in [-0.39, 0.29) is 0 Å². The molecular formula is C38H19N3S2. The second-order valence-corrected chi connectivity index (χ2v) is 12.8. The third-order valence-corrected chi connectivity index (χ3v) is 10.9. The standard InChI is InChI=1S/C38H19N3S2/c39-20-22-12-16-32-29(18-22)26-6-1-3-9-31(26)41(32)33-10-5-8-28-36-25(15-13-24(21-40)37(36)43-38(28)33)23-14-17-35-30(19-23)27-7-2-4-11-34(27)42-35/h1-19H. The second-order valence-electron chi connectivity index (χ2n) is 10.7. The van der Waals surface area contributed by atoms with Crippen LogP contribution in [0, 0.1) is 22.7 Å². The van der Waals surface area contributed by atoms with E-state index in [2.05, 4.69) is 102 Å². The molecule has 0 aliphatic carbocycles. The van der Waals surface area contributed by atoms with Crippen molar-refractivity contribution >= 4 is 84.8 Å². The van der Waals surface area contributed by atoms with Gasteiger partial charge in [0, 0.05) is 41.7 Å². The summed E-state index contributed by atoms with van der Waals surface area (Å²) in [4.78, 5) is 0. The van der Waals surface area contributed by atoms with Gasteiger partial charge in [0.05, 0.1) is 43.3 Å². The van der Waals surface area contributed by atoms with Gasteiger partial charge in [-0.1, -0.05) is 60.7 Å². The van der Waals surface area contributed by atoms with Crippen molar-refractivity contribution in [3.8, 4) is 29.0 Å². The van der Waals surface area contributed by atoms with Gasteiger partial charge in [-0.15, -0.1) is 22.7 Å². The van der Waals surface area contributed by atoms with Gasteiger partial charge in [-0.2, -0.15) is 10.5 Å². The minimum absolute atomic E-state index is 0.647. The first kappa shape index (κ1) is 24.2. The molecule has 3 nitrogen and oxygen atoms in total. The van der Waals surface area contributed by atoms with E-state index in [4.69, 9.17) is 0 Å². The fourth-order valence-electron chi connectivity index (χ4n) is 6.59. The minimum atomic E-state index is 0.647. The molecule has 3 aromatic heterocycles. The van der Waals surface area contributed by atoms with Crippen LogP contribution in [0.5, 0.6) is 0 Å². The fourth-order valence-corrected chi connectivity index (χ4v) is 8.97. The van der Waals surface area contributed by atoms with Crippen LogP contribution >= 0.6 is 22.7 Å². The number of hydrogen-bond donors (Lipinski definition) is 0. The maximum Gasteiger partial charge on any atom is 0.101 e. The van der Waals surface area contributed by atoms with Crippen molar-refractivity contribution in [2.75, 3.05) is 0 Å². The van der Waals surface area contributed by atoms with Crippen LogP contribution in [0.25, 0.3) is 79.0 Å². The van der Waals surface area contributed by atoms with E-state index in [1.165, 1.54) is 20.2 Å². The zero-order valence-corrected chi connectivity index (χ0v) is 24.3. The number of benzene rings is 6. The highest BCUT2D eigenvalue weighted by molar-refractivity contribution is 7.26. The van der Waals surface area contributed by atoms with Gasteiger partial charge in [-0.05, 0) is 65.7 Å². The van der Waals surface area contributed by atoms with Gasteiger partial charge in [0.15, 0.2) is 0 Å². The maximum atomic E-state index is 10.2. The van der Waals surface area contributed by atoms with E-state index in [0.717, 1.165) is 58.8 Å². The molecule has 0 saturated heterocycles. The lowest BCUT2D eigenvalue weighted by molar-refractivity contribution is 1.20. The summed E-state index contributed by atoms with van der Waals surface area (Å²) in [6.45, 7) is 0. The normalized spacial score (nSPS) is 11.7. The van der Waals surface area contributed by atoms with Gasteiger partial charge < -0.3 is 4.57 Å². The summed E-state index contributed by atoms with van der Waals surface area (Å²) in [5.74, 6) is 0. The molecule has 5 heteroatoms. The lowest BCUT2D eigenvalue weighted by Crippen LogP contribution is -1.93. The summed E-state index contributed by atoms with van der Waals surface area (Å²) in [6, 6.07) is 44.9. The van der Waals surface area contributed by atoms with Crippen molar-refractivity contribution in [3.63, 3.8) is 0 Å². The molecule has 9 aromatic rings. The number of hydrogen-bond acceptors (Lipinski definition) is 4. The lowest BCUT2D eigenvalue weighted by atomic mass is 9.96. The Kier molecular flexibility index (Phi) is 5.07. The summed E-state index contributed by atoms with van der Waals surface area (Å²) in [7, 11) is 0. The van der Waals surface area contributed by atoms with Gasteiger partial charge in [0.25, 0.3) is 0 Å². The Morgan fingerprint density at radius 3 is 2.21 bits per heavy atom. The maximum absolute atomic E-state index is 10.2. The smallest absolute Gasteiger partial charge is 0.101 e. The van der Waals surface area contributed by atoms with Gasteiger partial charge in [0.1, 0.15) is 6.07 Å². The molecule has 0 spiro atoms. The molecule has 0 atom stereocenters. The quantitative estimate of drug-likeness (QED) is 0.204. The molecule has 0 N–H and O–H groups in total. The average Bonchev–Trinajstić information content (AvgIpc) is 3.73. The molecule has 0 saturated carbocycles. The molecule has 198 valence electrons. The van der Waals surface area contributed by atoms with E-state index < -0.39 is 0 Å². The highest BCUT2D eigenvalue weighted by Gasteiger charge is 2.20. The predicted octanol–water partition coefficient (Wildman–Crippen LogP) is 10.9. The lowest BCUT2D eigenvalue weighted by Gasteiger charge is -2.10. The summed E-state index contributed by atoms with van der Waals surface area (Å²) < 4.78 is 7.01. The van der Waals surface area contributed by atoms with Crippen LogP contribution in [0.3, 0.4) is 0 Å². The first-order valence-corrected chi connectivity index (χ1v) is 15.6. The number of thiophene rings is 2. The minimum Gasteiger partial charge on any atom is -0.308 e. The Hall–Kier alpha value is -5.46. The van der Waals surface area contributed by atoms with E-state index >= 15 is 0 Å². The van der Waals surface area contributed by atoms with Crippen molar-refractivity contribution in [1.29, 1.82) is 10.5 Å². The Morgan fingerprint density at radius 2 is 1.33 bits per heavy atom. The summed E-state index contributed by atoms with van der Waals surface area (Å²) in [5.41, 5.74) is 6.84. The molecule has 43 heavy (non-hydrogen) atoms. The van der Waals surface area contributed by atoms with Gasteiger partial charge in [-0.3, -0.25) is 0 Å². The molecule has 3 heterocycles. The zero-order valence-electron chi connectivity index (χ0n) is 22.6. The Labute approximate surface area is 254 Å². The van der Waals surface area contributed by atoms with Gasteiger partial charge in [0.2, 0.25) is 0 Å². The largest absolute Gasteiger partial charge is 0.308 e. The van der Waals surface area contributed by atoms with Gasteiger partial charge in [-0.25, -0.2) is 0 Å². The number of rotatable bonds is 2. The molecule has 0 fully saturated rings. The molecule has 0 amide bonds. The van der Waals surface area contributed by atoms with Crippen LogP contribution in [0.1, 0.15) is 11.1 Å². The number of aromatic nitrogens is 1. The molecule has 0 unspecified atom stereocenters. The van der Waals surface area contributed by atoms with Crippen molar-refractivity contribution < 1.29 is 0 Å². The van der Waals surface area contributed by atoms with Crippen LogP contribution in [0.15, 0.2) is 115 Å². The van der Waals surface area contributed by atoms with Crippen LogP contribution in [0.4, 0.5) is 0 Å². The number of fused-ring (bicyclic) bond motifs is 9. The molecule has 6 aromatic carbocycles. The van der Waals surface area contributed by atoms with E-state index in [1.54, 1.807) is 11.3 Å². The predicted molar refractivity (Wildman–Crippen MR) is 181 cm³/mol. The van der Waals surface area contributed by atoms with Crippen molar-refractivity contribution in [1.82, 2.24) is 4.57 Å². The van der Waals surface area contributed by atoms with Crippen molar-refractivity contribution in [2.45, 2.75) is 0 Å². The Balaban J connectivity index is 1.37. The Morgan fingerprint density at radius 1 is 0.535 bits per heavy atom. The average molecular weight is 582 g/mol. The van der Waals surface area contributed by atoms with Crippen LogP contribution in [-0.4, -0.2) is 4.57 Å². The summed E-state index contributed by atoms with van der Waals surface area (Å²) in [5, 5.41) is 26.7. The SMILES string of the molecule is N#Cc1ccc2c(c1)c1ccccc1n2-c1cccc2c1sc1c(C#N)ccc(-c3ccc4sc5ccccc5c4c3)c12. The third kappa shape index (κ3) is 3.38. The number of nitriles is 2. The van der Waals surface area contributed by atoms with Crippen molar-refractivity contribution in [2.24, 2.45) is 0 Å². The van der Waals surface area contributed by atoms with Crippen molar-refractivity contribution in [3.05, 3.63) is 126 Å². The monoisotopic (exact) mass is 581 g/mol. The number of para-hydroxylation sites is 1. The first-order valence-electron chi connectivity index (χ1n) is 14.0. The molecule has 0 bridgehead atoms. The van der Waals surface area contributed by atoms with Crippen LogP contribution in [0.2, 0.25) is 0 Å². The van der Waals surface area contributed by atoms with Gasteiger partial charge >= 0.3 is 0 Å². The molecule has 9 rings (SSSR count). The van der Waals surface area contributed by atoms with E-state index in [1.807, 2.05) is 41.7 Å². The summed E-state index contributed by atoms with van der Waals surface area (Å²) >= 11 is 3.51. The van der Waals surface area contributed by atoms with E-state index in [9.17, 15) is 10.5 Å². The zero-order chi connectivity index (χ0) is 28.7. The first-order chi connectivity index (χ1) is 21.2. The fraction of sp³-hybridized carbons (Fsp3) is 0. The summed E-state index contributed by atoms with van der Waals surface area (Å²) in [6.07, 6.45) is 0. The second kappa shape index (κ2) is 9.02. The van der Waals surface area contributed by atoms with Crippen LogP contribution < -0.4 is 0 Å². The number of nitrogens with zero attached hydrogens (tertiary/aromatic N) is 3. The molecule has 0 radical (unpaired) electrons. The van der Waals surface area contributed by atoms with Crippen LogP contribution in [-0.2, 0) is 0 Å². The highest BCUT2D eigenvalue weighted by Crippen LogP contribution is 2.46. The molecular weight excluding hydrogens is 563 g/mol. The third-order valence-electron chi connectivity index (χ3n) is 8.48. The Bertz CT molecular complexity index is 2710. The van der Waals surface area contributed by atoms with E-state index in [0.29, 0.717) is 11.1 Å². The molecule has 0 aliphatic heterocycles. The highest BCUT2D eigenvalue weighted by atomic mass is 32.1.